The molecule has 0 saturated heterocycles. The van der Waals surface area contributed by atoms with E-state index in [0.29, 0.717) is 0 Å². The van der Waals surface area contributed by atoms with Crippen molar-refractivity contribution in [1.82, 2.24) is 0 Å². The molecule has 0 heterocycles. The van der Waals surface area contributed by atoms with Crippen LogP contribution < -0.4 is 0 Å². The molecule has 0 bridgehead atoms. The van der Waals surface area contributed by atoms with E-state index >= 15 is 0 Å². The summed E-state index contributed by atoms with van der Waals surface area (Å²) in [5, 5.41) is 17.1. The Balaban J connectivity index is 4.12. The van der Waals surface area contributed by atoms with Crippen molar-refractivity contribution in [2.45, 2.75) is 46.0 Å². The van der Waals surface area contributed by atoms with Gasteiger partial charge in [0, 0.05) is 0 Å². The number of hydrogen-bond donors (Lipinski definition) is 1. The summed E-state index contributed by atoms with van der Waals surface area (Å²) >= 11 is 0. The van der Waals surface area contributed by atoms with Crippen LogP contribution in [0.2, 0.25) is 0 Å². The van der Waals surface area contributed by atoms with Crippen molar-refractivity contribution in [2.75, 3.05) is 0 Å². The molecule has 3 nitrogen and oxygen atoms in total. The minimum Gasteiger partial charge on any atom is -0.477 e. The first kappa shape index (κ1) is 14.4. The Morgan fingerprint density at radius 3 is 2.50 bits per heavy atom. The average molecular weight is 221 g/mol. The molecule has 3 heteroatoms. The number of nitriles is 1. The molecule has 0 fully saturated rings. The molecule has 0 atom stereocenters. The zero-order valence-corrected chi connectivity index (χ0v) is 9.99. The predicted octanol–water partition coefficient (Wildman–Crippen LogP) is 3.44. The first-order chi connectivity index (χ1) is 7.61. The molecule has 0 unspecified atom stereocenters. The Morgan fingerprint density at radius 1 is 1.31 bits per heavy atom. The number of carboxylic acid groups (broad SMARTS) is 1. The molecule has 0 aromatic heterocycles. The summed E-state index contributed by atoms with van der Waals surface area (Å²) in [7, 11) is 0. The van der Waals surface area contributed by atoms with Crippen LogP contribution in [-0.4, -0.2) is 11.1 Å². The Morgan fingerprint density at radius 2 is 2.00 bits per heavy atom. The van der Waals surface area contributed by atoms with Crippen LogP contribution in [0.25, 0.3) is 0 Å². The molecular formula is C13H19NO2. The van der Waals surface area contributed by atoms with Crippen molar-refractivity contribution in [2.24, 2.45) is 0 Å². The van der Waals surface area contributed by atoms with Crippen molar-refractivity contribution in [3.63, 3.8) is 0 Å². The van der Waals surface area contributed by atoms with Gasteiger partial charge in [-0.15, -0.1) is 0 Å². The van der Waals surface area contributed by atoms with Gasteiger partial charge in [-0.2, -0.15) is 5.26 Å². The standard InChI is InChI=1S/C13H19NO2/c1-3-4-5-6-7-11(2)8-9-12(10-14)13(15)16/h8-9H,3-7H2,1-2H3,(H,15,16). The second-order valence-electron chi connectivity index (χ2n) is 3.82. The quantitative estimate of drug-likeness (QED) is 0.310. The maximum atomic E-state index is 10.5. The van der Waals surface area contributed by atoms with Crippen molar-refractivity contribution in [3.8, 4) is 6.07 Å². The first-order valence-electron chi connectivity index (χ1n) is 5.62. The zero-order valence-electron chi connectivity index (χ0n) is 9.99. The number of rotatable bonds is 7. The van der Waals surface area contributed by atoms with Gasteiger partial charge in [0.15, 0.2) is 0 Å². The fourth-order valence-corrected chi connectivity index (χ4v) is 1.30. The van der Waals surface area contributed by atoms with Crippen LogP contribution in [0.1, 0.15) is 46.0 Å². The van der Waals surface area contributed by atoms with E-state index in [-0.39, 0.29) is 5.57 Å². The lowest BCUT2D eigenvalue weighted by Crippen LogP contribution is -1.96. The molecule has 16 heavy (non-hydrogen) atoms. The number of aliphatic carboxylic acids is 1. The highest BCUT2D eigenvalue weighted by Crippen LogP contribution is 2.10. The highest BCUT2D eigenvalue weighted by molar-refractivity contribution is 5.91. The average Bonchev–Trinajstić information content (AvgIpc) is 2.25. The lowest BCUT2D eigenvalue weighted by atomic mass is 10.1. The Hall–Kier alpha value is -1.56. The Kier molecular flexibility index (Phi) is 7.87. The maximum Gasteiger partial charge on any atom is 0.346 e. The molecule has 0 radical (unpaired) electrons. The van der Waals surface area contributed by atoms with Gasteiger partial charge in [-0.05, 0) is 25.8 Å². The van der Waals surface area contributed by atoms with E-state index in [1.807, 2.05) is 6.92 Å². The summed E-state index contributed by atoms with van der Waals surface area (Å²) in [5.74, 6) is -1.17. The second-order valence-corrected chi connectivity index (χ2v) is 3.82. The molecule has 0 aromatic carbocycles. The zero-order chi connectivity index (χ0) is 12.4. The third-order valence-corrected chi connectivity index (χ3v) is 2.31. The number of carboxylic acids is 1. The second kappa shape index (κ2) is 8.72. The number of unbranched alkanes of at least 4 members (excludes halogenated alkanes) is 3. The molecular weight excluding hydrogens is 202 g/mol. The lowest BCUT2D eigenvalue weighted by molar-refractivity contribution is -0.132. The smallest absolute Gasteiger partial charge is 0.346 e. The van der Waals surface area contributed by atoms with Crippen LogP contribution in [0.4, 0.5) is 0 Å². The van der Waals surface area contributed by atoms with Gasteiger partial charge in [-0.25, -0.2) is 4.79 Å². The monoisotopic (exact) mass is 221 g/mol. The molecule has 0 aliphatic rings. The van der Waals surface area contributed by atoms with E-state index in [9.17, 15) is 4.79 Å². The van der Waals surface area contributed by atoms with E-state index in [1.165, 1.54) is 25.3 Å². The Labute approximate surface area is 97.1 Å². The largest absolute Gasteiger partial charge is 0.477 e. The van der Waals surface area contributed by atoms with E-state index in [0.717, 1.165) is 18.4 Å². The molecule has 1 N–H and O–H groups in total. The third-order valence-electron chi connectivity index (χ3n) is 2.31. The van der Waals surface area contributed by atoms with Crippen molar-refractivity contribution < 1.29 is 9.90 Å². The topological polar surface area (TPSA) is 61.1 Å². The summed E-state index contributed by atoms with van der Waals surface area (Å²) < 4.78 is 0. The number of allylic oxidation sites excluding steroid dienone is 3. The van der Waals surface area contributed by atoms with E-state index in [4.69, 9.17) is 10.4 Å². The van der Waals surface area contributed by atoms with Gasteiger partial charge in [0.2, 0.25) is 0 Å². The van der Waals surface area contributed by atoms with Crippen LogP contribution in [0.5, 0.6) is 0 Å². The predicted molar refractivity (Wildman–Crippen MR) is 63.8 cm³/mol. The minimum absolute atomic E-state index is 0.215. The van der Waals surface area contributed by atoms with E-state index in [2.05, 4.69) is 6.92 Å². The van der Waals surface area contributed by atoms with Crippen molar-refractivity contribution >= 4 is 5.97 Å². The first-order valence-corrected chi connectivity index (χ1v) is 5.62. The normalized spacial score (nSPS) is 12.3. The number of nitrogens with zero attached hydrogens (tertiary/aromatic N) is 1. The lowest BCUT2D eigenvalue weighted by Gasteiger charge is -1.99. The van der Waals surface area contributed by atoms with Gasteiger partial charge in [-0.3, -0.25) is 0 Å². The van der Waals surface area contributed by atoms with Crippen LogP contribution in [0.3, 0.4) is 0 Å². The molecule has 0 amide bonds. The highest BCUT2D eigenvalue weighted by Gasteiger charge is 2.02. The van der Waals surface area contributed by atoms with Gasteiger partial charge in [0.05, 0.1) is 0 Å². The number of hydrogen-bond acceptors (Lipinski definition) is 2. The summed E-state index contributed by atoms with van der Waals surface area (Å²) in [6.07, 6.45) is 8.83. The van der Waals surface area contributed by atoms with Gasteiger partial charge < -0.3 is 5.11 Å². The molecule has 0 rings (SSSR count). The third kappa shape index (κ3) is 6.83. The molecule has 0 spiro atoms. The minimum atomic E-state index is -1.17. The van der Waals surface area contributed by atoms with Crippen LogP contribution in [0, 0.1) is 11.3 Å². The van der Waals surface area contributed by atoms with Gasteiger partial charge in [0.1, 0.15) is 11.6 Å². The van der Waals surface area contributed by atoms with Crippen molar-refractivity contribution in [1.29, 1.82) is 5.26 Å². The SMILES string of the molecule is CCCCCCC(C)=CC=C(C#N)C(=O)O. The summed E-state index contributed by atoms with van der Waals surface area (Å²) in [6.45, 7) is 4.12. The van der Waals surface area contributed by atoms with Crippen LogP contribution in [0.15, 0.2) is 23.3 Å². The van der Waals surface area contributed by atoms with Crippen molar-refractivity contribution in [3.05, 3.63) is 23.3 Å². The fourth-order valence-electron chi connectivity index (χ4n) is 1.30. The maximum absolute atomic E-state index is 10.5. The molecule has 0 aliphatic heterocycles. The van der Waals surface area contributed by atoms with Gasteiger partial charge in [0.25, 0.3) is 0 Å². The van der Waals surface area contributed by atoms with Gasteiger partial charge in [-0.1, -0.05) is 37.8 Å². The summed E-state index contributed by atoms with van der Waals surface area (Å²) in [6, 6.07) is 1.65. The van der Waals surface area contributed by atoms with Gasteiger partial charge >= 0.3 is 5.97 Å². The fraction of sp³-hybridized carbons (Fsp3) is 0.538. The molecule has 0 aromatic rings. The highest BCUT2D eigenvalue weighted by atomic mass is 16.4. The molecule has 0 saturated carbocycles. The van der Waals surface area contributed by atoms with E-state index in [1.54, 1.807) is 12.1 Å². The summed E-state index contributed by atoms with van der Waals surface area (Å²) in [5.41, 5.74) is 0.901. The molecule has 0 aliphatic carbocycles. The van der Waals surface area contributed by atoms with Crippen LogP contribution in [-0.2, 0) is 4.79 Å². The van der Waals surface area contributed by atoms with E-state index < -0.39 is 5.97 Å². The Bertz CT molecular complexity index is 321. The number of carbonyl (C=O) groups is 1. The van der Waals surface area contributed by atoms with Crippen LogP contribution >= 0.6 is 0 Å². The molecule has 88 valence electrons. The summed E-state index contributed by atoms with van der Waals surface area (Å²) in [4.78, 5) is 10.5.